The molecule has 0 saturated heterocycles. The van der Waals surface area contributed by atoms with Crippen LogP contribution in [0, 0.1) is 0 Å². The first-order chi connectivity index (χ1) is 15.6. The van der Waals surface area contributed by atoms with Gasteiger partial charge in [-0.05, 0) is 25.2 Å². The van der Waals surface area contributed by atoms with E-state index in [1.165, 1.54) is 5.56 Å². The number of hydrogen-bond donors (Lipinski definition) is 1. The number of aromatic nitrogens is 2. The minimum Gasteiger partial charge on any atom is -0.350 e. The van der Waals surface area contributed by atoms with E-state index < -0.39 is 0 Å². The van der Waals surface area contributed by atoms with Crippen molar-refractivity contribution in [2.24, 2.45) is 0 Å². The van der Waals surface area contributed by atoms with Gasteiger partial charge in [-0.15, -0.1) is 0 Å². The van der Waals surface area contributed by atoms with Crippen LogP contribution in [-0.2, 0) is 6.54 Å². The lowest BCUT2D eigenvalue weighted by molar-refractivity contribution is 0.0942. The van der Waals surface area contributed by atoms with Gasteiger partial charge in [0.05, 0.1) is 18.2 Å². The number of hydrogen-bond acceptors (Lipinski definition) is 3. The number of carbonyl (C=O) groups is 1. The Hall–Kier alpha value is -3.70. The molecular weight excluding hydrogens is 396 g/mol. The van der Waals surface area contributed by atoms with Gasteiger partial charge in [0.25, 0.3) is 5.91 Å². The molecule has 5 heteroatoms. The van der Waals surface area contributed by atoms with Gasteiger partial charge in [0.1, 0.15) is 5.69 Å². The zero-order valence-electron chi connectivity index (χ0n) is 18.5. The first-order valence-corrected chi connectivity index (χ1v) is 10.8. The molecule has 5 nitrogen and oxygen atoms in total. The van der Waals surface area contributed by atoms with Crippen molar-refractivity contribution in [2.45, 2.75) is 12.6 Å². The number of nitrogens with one attached hydrogen (secondary N) is 1. The average Bonchev–Trinajstić information content (AvgIpc) is 3.25. The monoisotopic (exact) mass is 424 g/mol. The van der Waals surface area contributed by atoms with Gasteiger partial charge in [-0.3, -0.25) is 9.48 Å². The highest BCUT2D eigenvalue weighted by Gasteiger charge is 2.20. The number of carbonyl (C=O) groups excluding carboxylic acids is 1. The van der Waals surface area contributed by atoms with Gasteiger partial charge >= 0.3 is 0 Å². The fourth-order valence-corrected chi connectivity index (χ4v) is 3.81. The predicted octanol–water partition coefficient (Wildman–Crippen LogP) is 4.63. The molecule has 32 heavy (non-hydrogen) atoms. The SMILES string of the molecule is CN(C)[C@H](CNC(=O)c1cn(Cc2ccccc2)nc1-c1ccccc1)c1ccccc1. The van der Waals surface area contributed by atoms with Gasteiger partial charge in [-0.2, -0.15) is 5.10 Å². The summed E-state index contributed by atoms with van der Waals surface area (Å²) < 4.78 is 1.84. The molecule has 1 N–H and O–H groups in total. The molecule has 162 valence electrons. The van der Waals surface area contributed by atoms with E-state index in [0.29, 0.717) is 24.3 Å². The molecule has 4 aromatic rings. The number of amides is 1. The van der Waals surface area contributed by atoms with E-state index in [2.05, 4.69) is 34.5 Å². The largest absolute Gasteiger partial charge is 0.350 e. The molecule has 0 spiro atoms. The molecule has 3 aromatic carbocycles. The standard InChI is InChI=1S/C27H28N4O/c1-30(2)25(22-14-8-4-9-15-22)18-28-27(32)24-20-31(19-21-12-6-3-7-13-21)29-26(24)23-16-10-5-11-17-23/h3-17,20,25H,18-19H2,1-2H3,(H,28,32)/t25-/m1/s1. The Labute approximate surface area is 189 Å². The first-order valence-electron chi connectivity index (χ1n) is 10.8. The Morgan fingerprint density at radius 1 is 0.906 bits per heavy atom. The number of benzene rings is 3. The lowest BCUT2D eigenvalue weighted by Gasteiger charge is -2.25. The van der Waals surface area contributed by atoms with Crippen LogP contribution in [0.1, 0.15) is 27.5 Å². The summed E-state index contributed by atoms with van der Waals surface area (Å²) in [4.78, 5) is 15.4. The molecule has 0 bridgehead atoms. The fourth-order valence-electron chi connectivity index (χ4n) is 3.81. The molecule has 0 aliphatic rings. The minimum atomic E-state index is -0.119. The van der Waals surface area contributed by atoms with E-state index in [0.717, 1.165) is 11.1 Å². The molecule has 4 rings (SSSR count). The predicted molar refractivity (Wildman–Crippen MR) is 128 cm³/mol. The Morgan fingerprint density at radius 2 is 1.50 bits per heavy atom. The quantitative estimate of drug-likeness (QED) is 0.449. The third-order valence-electron chi connectivity index (χ3n) is 5.50. The van der Waals surface area contributed by atoms with Gasteiger partial charge in [-0.1, -0.05) is 91.0 Å². The molecule has 1 amide bonds. The van der Waals surface area contributed by atoms with Crippen molar-refractivity contribution < 1.29 is 4.79 Å². The zero-order valence-corrected chi connectivity index (χ0v) is 18.5. The number of rotatable bonds is 8. The van der Waals surface area contributed by atoms with E-state index >= 15 is 0 Å². The van der Waals surface area contributed by atoms with Gasteiger partial charge in [0.2, 0.25) is 0 Å². The molecule has 0 aliphatic carbocycles. The second-order valence-corrected chi connectivity index (χ2v) is 8.04. The van der Waals surface area contributed by atoms with Crippen molar-refractivity contribution in [3.8, 4) is 11.3 Å². The smallest absolute Gasteiger partial charge is 0.255 e. The highest BCUT2D eigenvalue weighted by molar-refractivity contribution is 5.99. The maximum absolute atomic E-state index is 13.3. The minimum absolute atomic E-state index is 0.0830. The van der Waals surface area contributed by atoms with Gasteiger partial charge in [-0.25, -0.2) is 0 Å². The van der Waals surface area contributed by atoms with Gasteiger partial charge in [0, 0.05) is 18.3 Å². The third kappa shape index (κ3) is 5.13. The molecule has 0 aliphatic heterocycles. The number of likely N-dealkylation sites (N-methyl/N-ethyl adjacent to an activating group) is 1. The van der Waals surface area contributed by atoms with Crippen molar-refractivity contribution in [1.82, 2.24) is 20.0 Å². The summed E-state index contributed by atoms with van der Waals surface area (Å²) in [6, 6.07) is 30.3. The van der Waals surface area contributed by atoms with E-state index in [1.54, 1.807) is 0 Å². The second kappa shape index (κ2) is 10.1. The van der Waals surface area contributed by atoms with Crippen molar-refractivity contribution >= 4 is 5.91 Å². The van der Waals surface area contributed by atoms with E-state index in [4.69, 9.17) is 5.10 Å². The maximum atomic E-state index is 13.3. The molecule has 1 atom stereocenters. The van der Waals surface area contributed by atoms with Crippen molar-refractivity contribution in [1.29, 1.82) is 0 Å². The van der Waals surface area contributed by atoms with Crippen LogP contribution in [0.3, 0.4) is 0 Å². The first kappa shape index (κ1) is 21.5. The maximum Gasteiger partial charge on any atom is 0.255 e. The Kier molecular flexibility index (Phi) is 6.78. The van der Waals surface area contributed by atoms with Crippen LogP contribution in [0.2, 0.25) is 0 Å². The van der Waals surface area contributed by atoms with Crippen molar-refractivity contribution in [3.63, 3.8) is 0 Å². The molecule has 0 unspecified atom stereocenters. The Morgan fingerprint density at radius 3 is 2.12 bits per heavy atom. The summed E-state index contributed by atoms with van der Waals surface area (Å²) in [5.41, 5.74) is 4.51. The average molecular weight is 425 g/mol. The van der Waals surface area contributed by atoms with E-state index in [9.17, 15) is 4.79 Å². The third-order valence-corrected chi connectivity index (χ3v) is 5.50. The summed E-state index contributed by atoms with van der Waals surface area (Å²) in [6.45, 7) is 1.12. The molecule has 1 heterocycles. The molecular formula is C27H28N4O. The lowest BCUT2D eigenvalue weighted by atomic mass is 10.1. The van der Waals surface area contributed by atoms with Crippen LogP contribution < -0.4 is 5.32 Å². The summed E-state index contributed by atoms with van der Waals surface area (Å²) in [6.07, 6.45) is 1.85. The molecule has 1 aromatic heterocycles. The highest BCUT2D eigenvalue weighted by Crippen LogP contribution is 2.23. The summed E-state index contributed by atoms with van der Waals surface area (Å²) in [5.74, 6) is -0.119. The lowest BCUT2D eigenvalue weighted by Crippen LogP contribution is -2.34. The van der Waals surface area contributed by atoms with Crippen molar-refractivity contribution in [2.75, 3.05) is 20.6 Å². The molecule has 0 fully saturated rings. The van der Waals surface area contributed by atoms with Crippen LogP contribution in [0.5, 0.6) is 0 Å². The summed E-state index contributed by atoms with van der Waals surface area (Å²) >= 11 is 0. The Balaban J connectivity index is 1.58. The number of nitrogens with zero attached hydrogens (tertiary/aromatic N) is 3. The second-order valence-electron chi connectivity index (χ2n) is 8.04. The van der Waals surface area contributed by atoms with Gasteiger partial charge in [0.15, 0.2) is 0 Å². The van der Waals surface area contributed by atoms with E-state index in [1.807, 2.05) is 91.7 Å². The fraction of sp³-hybridized carbons (Fsp3) is 0.185. The summed E-state index contributed by atoms with van der Waals surface area (Å²) in [5, 5.41) is 7.89. The van der Waals surface area contributed by atoms with Crippen LogP contribution >= 0.6 is 0 Å². The topological polar surface area (TPSA) is 50.2 Å². The zero-order chi connectivity index (χ0) is 22.3. The Bertz CT molecular complexity index is 1140. The van der Waals surface area contributed by atoms with Crippen LogP contribution in [0.15, 0.2) is 97.2 Å². The van der Waals surface area contributed by atoms with Crippen LogP contribution in [0.25, 0.3) is 11.3 Å². The van der Waals surface area contributed by atoms with Crippen LogP contribution in [-0.4, -0.2) is 41.2 Å². The molecule has 0 saturated carbocycles. The van der Waals surface area contributed by atoms with Crippen LogP contribution in [0.4, 0.5) is 0 Å². The van der Waals surface area contributed by atoms with Gasteiger partial charge < -0.3 is 10.2 Å². The normalized spacial score (nSPS) is 12.0. The van der Waals surface area contributed by atoms with Crippen molar-refractivity contribution in [3.05, 3.63) is 114 Å². The van der Waals surface area contributed by atoms with E-state index in [-0.39, 0.29) is 11.9 Å². The summed E-state index contributed by atoms with van der Waals surface area (Å²) in [7, 11) is 4.05. The molecule has 0 radical (unpaired) electrons. The highest BCUT2D eigenvalue weighted by atomic mass is 16.1.